The van der Waals surface area contributed by atoms with Gasteiger partial charge in [-0.15, -0.1) is 5.10 Å². The highest BCUT2D eigenvalue weighted by Gasteiger charge is 2.11. The van der Waals surface area contributed by atoms with E-state index in [-0.39, 0.29) is 18.1 Å². The van der Waals surface area contributed by atoms with Gasteiger partial charge in [0.05, 0.1) is 6.20 Å². The first-order valence-electron chi connectivity index (χ1n) is 7.94. The molecule has 2 aromatic heterocycles. The topological polar surface area (TPSA) is 102 Å². The Labute approximate surface area is 144 Å². The number of carbonyl (C=O) groups excluding carboxylic acids is 1. The lowest BCUT2D eigenvalue weighted by Crippen LogP contribution is -2.19. The zero-order chi connectivity index (χ0) is 18.0. The van der Waals surface area contributed by atoms with Crippen LogP contribution >= 0.6 is 0 Å². The molecular weight excluding hydrogens is 322 g/mol. The Hall–Kier alpha value is -3.16. The van der Waals surface area contributed by atoms with E-state index in [2.05, 4.69) is 34.0 Å². The van der Waals surface area contributed by atoms with Crippen LogP contribution in [0.5, 0.6) is 0 Å². The second-order valence-corrected chi connectivity index (χ2v) is 6.29. The van der Waals surface area contributed by atoms with E-state index < -0.39 is 5.97 Å². The summed E-state index contributed by atoms with van der Waals surface area (Å²) in [6.07, 6.45) is 3.26. The van der Waals surface area contributed by atoms with E-state index >= 15 is 0 Å². The molecule has 2 N–H and O–H groups in total. The van der Waals surface area contributed by atoms with Crippen LogP contribution in [0.2, 0.25) is 0 Å². The largest absolute Gasteiger partial charge is 0.476 e. The number of amides is 1. The number of hydrogen-bond donors (Lipinski definition) is 2. The zero-order valence-corrected chi connectivity index (χ0v) is 14.0. The second kappa shape index (κ2) is 6.76. The monoisotopic (exact) mass is 341 g/mol. The number of aromatic nitrogens is 4. The number of carboxylic acid groups (broad SMARTS) is 1. The maximum atomic E-state index is 12.1. The van der Waals surface area contributed by atoms with Crippen molar-refractivity contribution >= 4 is 28.5 Å². The van der Waals surface area contributed by atoms with Crippen LogP contribution < -0.4 is 5.32 Å². The molecule has 0 unspecified atom stereocenters. The summed E-state index contributed by atoms with van der Waals surface area (Å²) in [6.45, 7) is 5.17. The lowest BCUT2D eigenvalue weighted by atomic mass is 10.2. The predicted octanol–water partition coefficient (Wildman–Crippen LogP) is 2.23. The van der Waals surface area contributed by atoms with Crippen LogP contribution in [0.25, 0.3) is 10.9 Å². The fourth-order valence-corrected chi connectivity index (χ4v) is 2.65. The molecule has 25 heavy (non-hydrogen) atoms. The number of benzene rings is 1. The minimum Gasteiger partial charge on any atom is -0.476 e. The Bertz CT molecular complexity index is 925. The van der Waals surface area contributed by atoms with E-state index in [4.69, 9.17) is 5.11 Å². The van der Waals surface area contributed by atoms with E-state index in [1.54, 1.807) is 0 Å². The minimum absolute atomic E-state index is 0.104. The van der Waals surface area contributed by atoms with Crippen LogP contribution in [0.4, 0.5) is 5.69 Å². The second-order valence-electron chi connectivity index (χ2n) is 6.29. The summed E-state index contributed by atoms with van der Waals surface area (Å²) in [6, 6.07) is 7.75. The number of carboxylic acids is 1. The van der Waals surface area contributed by atoms with Crippen LogP contribution in [-0.2, 0) is 17.9 Å². The molecule has 130 valence electrons. The van der Waals surface area contributed by atoms with Gasteiger partial charge in [0.1, 0.15) is 6.54 Å². The molecule has 0 saturated carbocycles. The molecule has 0 radical (unpaired) electrons. The van der Waals surface area contributed by atoms with Gasteiger partial charge in [-0.25, -0.2) is 9.48 Å². The normalized spacial score (nSPS) is 11.2. The SMILES string of the molecule is CC(C)Cn1ccc2cc(NC(=O)Cn3cc(C(=O)O)nn3)ccc21. The fraction of sp³-hybridized carbons (Fsp3) is 0.294. The molecule has 2 heterocycles. The summed E-state index contributed by atoms with van der Waals surface area (Å²) in [5.74, 6) is -0.931. The van der Waals surface area contributed by atoms with Crippen molar-refractivity contribution in [1.82, 2.24) is 19.6 Å². The van der Waals surface area contributed by atoms with Crippen LogP contribution in [-0.4, -0.2) is 36.5 Å². The van der Waals surface area contributed by atoms with E-state index in [0.29, 0.717) is 11.6 Å². The van der Waals surface area contributed by atoms with Crippen molar-refractivity contribution in [2.24, 2.45) is 5.92 Å². The lowest BCUT2D eigenvalue weighted by molar-refractivity contribution is -0.116. The van der Waals surface area contributed by atoms with Gasteiger partial charge in [0.15, 0.2) is 5.69 Å². The highest BCUT2D eigenvalue weighted by atomic mass is 16.4. The summed E-state index contributed by atoms with van der Waals surface area (Å²) in [5, 5.41) is 19.7. The maximum absolute atomic E-state index is 12.1. The van der Waals surface area contributed by atoms with Crippen molar-refractivity contribution in [3.05, 3.63) is 42.4 Å². The quantitative estimate of drug-likeness (QED) is 0.716. The van der Waals surface area contributed by atoms with E-state index in [1.165, 1.54) is 10.9 Å². The highest BCUT2D eigenvalue weighted by Crippen LogP contribution is 2.21. The van der Waals surface area contributed by atoms with Gasteiger partial charge in [0.2, 0.25) is 5.91 Å². The van der Waals surface area contributed by atoms with Crippen molar-refractivity contribution < 1.29 is 14.7 Å². The first kappa shape index (κ1) is 16.7. The predicted molar refractivity (Wildman–Crippen MR) is 92.4 cm³/mol. The standard InChI is InChI=1S/C17H19N5O3/c1-11(2)8-21-6-5-12-7-13(3-4-15(12)21)18-16(23)10-22-9-14(17(24)25)19-20-22/h3-7,9,11H,8,10H2,1-2H3,(H,18,23)(H,24,25). The first-order valence-corrected chi connectivity index (χ1v) is 7.94. The van der Waals surface area contributed by atoms with Crippen LogP contribution in [0.3, 0.4) is 0 Å². The average molecular weight is 341 g/mol. The number of nitrogens with zero attached hydrogens (tertiary/aromatic N) is 4. The molecule has 0 atom stereocenters. The summed E-state index contributed by atoms with van der Waals surface area (Å²) in [7, 11) is 0. The van der Waals surface area contributed by atoms with Crippen molar-refractivity contribution in [3.8, 4) is 0 Å². The molecule has 1 amide bonds. The van der Waals surface area contributed by atoms with Gasteiger partial charge in [-0.05, 0) is 30.2 Å². The lowest BCUT2D eigenvalue weighted by Gasteiger charge is -2.09. The van der Waals surface area contributed by atoms with Gasteiger partial charge in [0, 0.05) is 29.3 Å². The number of aromatic carboxylic acids is 1. The van der Waals surface area contributed by atoms with Crippen molar-refractivity contribution in [2.75, 3.05) is 5.32 Å². The third-order valence-electron chi connectivity index (χ3n) is 3.68. The smallest absolute Gasteiger partial charge is 0.358 e. The van der Waals surface area contributed by atoms with E-state index in [0.717, 1.165) is 17.4 Å². The molecule has 3 rings (SSSR count). The number of nitrogens with one attached hydrogen (secondary N) is 1. The highest BCUT2D eigenvalue weighted by molar-refractivity contribution is 5.94. The Morgan fingerprint density at radius 2 is 2.08 bits per heavy atom. The Kier molecular flexibility index (Phi) is 4.51. The van der Waals surface area contributed by atoms with Crippen LogP contribution in [0.1, 0.15) is 24.3 Å². The van der Waals surface area contributed by atoms with Gasteiger partial charge in [0.25, 0.3) is 0 Å². The number of fused-ring (bicyclic) bond motifs is 1. The molecular formula is C17H19N5O3. The van der Waals surface area contributed by atoms with Gasteiger partial charge in [-0.2, -0.15) is 0 Å². The number of anilines is 1. The summed E-state index contributed by atoms with van der Waals surface area (Å²) < 4.78 is 3.38. The summed E-state index contributed by atoms with van der Waals surface area (Å²) >= 11 is 0. The number of carbonyl (C=O) groups is 2. The van der Waals surface area contributed by atoms with Gasteiger partial charge in [-0.3, -0.25) is 4.79 Å². The Morgan fingerprint density at radius 1 is 1.28 bits per heavy atom. The van der Waals surface area contributed by atoms with E-state index in [9.17, 15) is 9.59 Å². The Morgan fingerprint density at radius 3 is 2.76 bits per heavy atom. The van der Waals surface area contributed by atoms with Crippen molar-refractivity contribution in [3.63, 3.8) is 0 Å². The van der Waals surface area contributed by atoms with E-state index in [1.807, 2.05) is 30.5 Å². The van der Waals surface area contributed by atoms with Gasteiger partial charge < -0.3 is 15.0 Å². The molecule has 0 aliphatic carbocycles. The molecule has 8 nitrogen and oxygen atoms in total. The molecule has 3 aromatic rings. The van der Waals surface area contributed by atoms with Gasteiger partial charge in [-0.1, -0.05) is 19.1 Å². The van der Waals surface area contributed by atoms with Gasteiger partial charge >= 0.3 is 5.97 Å². The van der Waals surface area contributed by atoms with Crippen molar-refractivity contribution in [2.45, 2.75) is 26.9 Å². The number of hydrogen-bond acceptors (Lipinski definition) is 4. The molecule has 0 aliphatic heterocycles. The third-order valence-corrected chi connectivity index (χ3v) is 3.68. The third kappa shape index (κ3) is 3.85. The molecule has 0 bridgehead atoms. The average Bonchev–Trinajstić information content (AvgIpc) is 3.14. The molecule has 0 fully saturated rings. The maximum Gasteiger partial charge on any atom is 0.358 e. The van der Waals surface area contributed by atoms with Crippen molar-refractivity contribution in [1.29, 1.82) is 0 Å². The molecule has 0 spiro atoms. The molecule has 0 saturated heterocycles. The van der Waals surface area contributed by atoms with Crippen LogP contribution in [0.15, 0.2) is 36.7 Å². The molecule has 8 heteroatoms. The minimum atomic E-state index is -1.18. The molecule has 1 aromatic carbocycles. The van der Waals surface area contributed by atoms with Crippen LogP contribution in [0, 0.1) is 5.92 Å². The fourth-order valence-electron chi connectivity index (χ4n) is 2.65. The molecule has 0 aliphatic rings. The zero-order valence-electron chi connectivity index (χ0n) is 14.0. The Balaban J connectivity index is 1.69. The summed E-state index contributed by atoms with van der Waals surface area (Å²) in [4.78, 5) is 22.9. The number of rotatable bonds is 6. The first-order chi connectivity index (χ1) is 11.9. The summed E-state index contributed by atoms with van der Waals surface area (Å²) in [5.41, 5.74) is 1.60.